The van der Waals surface area contributed by atoms with Crippen LogP contribution in [-0.4, -0.2) is 41.5 Å². The monoisotopic (exact) mass is 321 g/mol. The molecule has 130 valence electrons. The van der Waals surface area contributed by atoms with E-state index >= 15 is 0 Å². The number of aliphatic imine (C=N–C) groups is 1. The maximum absolute atomic E-state index is 5.42. The summed E-state index contributed by atoms with van der Waals surface area (Å²) in [6, 6.07) is 0.451. The minimum absolute atomic E-state index is 0.451. The molecule has 1 fully saturated rings. The molecule has 0 atom stereocenters. The fourth-order valence-electron chi connectivity index (χ4n) is 3.09. The second-order valence-corrected chi connectivity index (χ2v) is 5.93. The number of nitrogens with one attached hydrogen (secondary N) is 2. The largest absolute Gasteiger partial charge is 0.381 e. The molecule has 0 unspecified atom stereocenters. The molecule has 0 aromatic carbocycles. The Morgan fingerprint density at radius 1 is 1.26 bits per heavy atom. The molecule has 2 N–H and O–H groups in total. The van der Waals surface area contributed by atoms with Gasteiger partial charge < -0.3 is 15.4 Å². The Labute approximate surface area is 139 Å². The SMILES string of the molecule is CCNC(=NCc1c(CC)nn(C)c1CC)NC1CCOCC1. The molecule has 6 nitrogen and oxygen atoms in total. The standard InChI is InChI=1S/C17H31N5O/c1-5-15-14(16(6-2)22(4)21-15)12-19-17(18-7-3)20-13-8-10-23-11-9-13/h13H,5-12H2,1-4H3,(H2,18,19,20). The number of hydrogen-bond acceptors (Lipinski definition) is 3. The topological polar surface area (TPSA) is 63.5 Å². The lowest BCUT2D eigenvalue weighted by Crippen LogP contribution is -2.45. The van der Waals surface area contributed by atoms with E-state index in [9.17, 15) is 0 Å². The summed E-state index contributed by atoms with van der Waals surface area (Å²) in [5.74, 6) is 0.896. The van der Waals surface area contributed by atoms with E-state index in [0.717, 1.165) is 57.1 Å². The first-order valence-electron chi connectivity index (χ1n) is 8.85. The highest BCUT2D eigenvalue weighted by Gasteiger charge is 2.16. The van der Waals surface area contributed by atoms with Gasteiger partial charge in [0.25, 0.3) is 0 Å². The fourth-order valence-corrected chi connectivity index (χ4v) is 3.09. The van der Waals surface area contributed by atoms with E-state index in [0.29, 0.717) is 12.6 Å². The predicted molar refractivity (Wildman–Crippen MR) is 93.8 cm³/mol. The molecule has 2 rings (SSSR count). The Hall–Kier alpha value is -1.56. The van der Waals surface area contributed by atoms with Crippen LogP contribution in [0.4, 0.5) is 0 Å². The number of ether oxygens (including phenoxy) is 1. The van der Waals surface area contributed by atoms with Crippen LogP contribution < -0.4 is 10.6 Å². The van der Waals surface area contributed by atoms with Crippen molar-refractivity contribution in [3.63, 3.8) is 0 Å². The molecule has 0 saturated carbocycles. The average molecular weight is 321 g/mol. The minimum Gasteiger partial charge on any atom is -0.381 e. The predicted octanol–water partition coefficient (Wildman–Crippen LogP) is 1.78. The van der Waals surface area contributed by atoms with Gasteiger partial charge in [-0.2, -0.15) is 5.10 Å². The van der Waals surface area contributed by atoms with Gasteiger partial charge in [0.1, 0.15) is 0 Å². The summed E-state index contributed by atoms with van der Waals surface area (Å²) in [7, 11) is 2.02. The molecule has 0 spiro atoms. The van der Waals surface area contributed by atoms with Crippen LogP contribution in [0.25, 0.3) is 0 Å². The van der Waals surface area contributed by atoms with Gasteiger partial charge in [0.2, 0.25) is 0 Å². The molecule has 23 heavy (non-hydrogen) atoms. The second-order valence-electron chi connectivity index (χ2n) is 5.93. The molecule has 1 aliphatic heterocycles. The molecule has 0 radical (unpaired) electrons. The van der Waals surface area contributed by atoms with Gasteiger partial charge >= 0.3 is 0 Å². The third-order valence-corrected chi connectivity index (χ3v) is 4.33. The van der Waals surface area contributed by atoms with Crippen molar-refractivity contribution >= 4 is 5.96 Å². The number of aromatic nitrogens is 2. The van der Waals surface area contributed by atoms with Gasteiger partial charge in [-0.3, -0.25) is 4.68 Å². The van der Waals surface area contributed by atoms with Crippen molar-refractivity contribution in [3.8, 4) is 0 Å². The first-order valence-corrected chi connectivity index (χ1v) is 8.85. The molecule has 0 amide bonds. The lowest BCUT2D eigenvalue weighted by Gasteiger charge is -2.25. The second kappa shape index (κ2) is 8.91. The summed E-state index contributed by atoms with van der Waals surface area (Å²) in [6.45, 7) is 9.64. The highest BCUT2D eigenvalue weighted by molar-refractivity contribution is 5.80. The first-order chi connectivity index (χ1) is 11.2. The van der Waals surface area contributed by atoms with Crippen LogP contribution in [0, 0.1) is 0 Å². The Kier molecular flexibility index (Phi) is 6.89. The van der Waals surface area contributed by atoms with E-state index in [1.54, 1.807) is 0 Å². The zero-order valence-corrected chi connectivity index (χ0v) is 15.0. The highest BCUT2D eigenvalue weighted by Crippen LogP contribution is 2.16. The maximum atomic E-state index is 5.42. The van der Waals surface area contributed by atoms with Gasteiger partial charge in [0, 0.05) is 44.1 Å². The van der Waals surface area contributed by atoms with Crippen LogP contribution in [0.15, 0.2) is 4.99 Å². The smallest absolute Gasteiger partial charge is 0.191 e. The van der Waals surface area contributed by atoms with Crippen molar-refractivity contribution in [2.24, 2.45) is 12.0 Å². The van der Waals surface area contributed by atoms with Crippen molar-refractivity contribution in [2.75, 3.05) is 19.8 Å². The Morgan fingerprint density at radius 3 is 2.61 bits per heavy atom. The van der Waals surface area contributed by atoms with Crippen molar-refractivity contribution < 1.29 is 4.74 Å². The molecule has 0 aliphatic carbocycles. The molecular weight excluding hydrogens is 290 g/mol. The first kappa shape index (κ1) is 17.8. The van der Waals surface area contributed by atoms with E-state index in [4.69, 9.17) is 9.73 Å². The number of nitrogens with zero attached hydrogens (tertiary/aromatic N) is 3. The number of guanidine groups is 1. The maximum Gasteiger partial charge on any atom is 0.191 e. The van der Waals surface area contributed by atoms with Crippen LogP contribution >= 0.6 is 0 Å². The van der Waals surface area contributed by atoms with E-state index in [1.807, 2.05) is 11.7 Å². The highest BCUT2D eigenvalue weighted by atomic mass is 16.5. The van der Waals surface area contributed by atoms with Crippen LogP contribution in [0.5, 0.6) is 0 Å². The van der Waals surface area contributed by atoms with E-state index in [2.05, 4.69) is 36.5 Å². The van der Waals surface area contributed by atoms with Crippen LogP contribution in [0.2, 0.25) is 0 Å². The molecule has 6 heteroatoms. The molecule has 1 saturated heterocycles. The van der Waals surface area contributed by atoms with Gasteiger partial charge in [0.05, 0.1) is 12.2 Å². The van der Waals surface area contributed by atoms with E-state index < -0.39 is 0 Å². The van der Waals surface area contributed by atoms with Gasteiger partial charge in [0.15, 0.2) is 5.96 Å². The van der Waals surface area contributed by atoms with Gasteiger partial charge in [-0.1, -0.05) is 13.8 Å². The van der Waals surface area contributed by atoms with Crippen molar-refractivity contribution in [1.82, 2.24) is 20.4 Å². The normalized spacial score (nSPS) is 16.6. The summed E-state index contributed by atoms with van der Waals surface area (Å²) < 4.78 is 7.43. The van der Waals surface area contributed by atoms with Crippen LogP contribution in [-0.2, 0) is 31.2 Å². The molecule has 2 heterocycles. The number of aryl methyl sites for hydroxylation is 2. The average Bonchev–Trinajstić information content (AvgIpc) is 2.88. The van der Waals surface area contributed by atoms with Crippen molar-refractivity contribution in [1.29, 1.82) is 0 Å². The zero-order valence-electron chi connectivity index (χ0n) is 15.0. The van der Waals surface area contributed by atoms with Gasteiger partial charge in [-0.15, -0.1) is 0 Å². The summed E-state index contributed by atoms with van der Waals surface area (Å²) in [5, 5.41) is 11.5. The quantitative estimate of drug-likeness (QED) is 0.619. The lowest BCUT2D eigenvalue weighted by molar-refractivity contribution is 0.0822. The van der Waals surface area contributed by atoms with E-state index in [-0.39, 0.29) is 0 Å². The van der Waals surface area contributed by atoms with Gasteiger partial charge in [-0.05, 0) is 32.6 Å². The zero-order chi connectivity index (χ0) is 16.7. The van der Waals surface area contributed by atoms with Crippen LogP contribution in [0.1, 0.15) is 50.6 Å². The lowest BCUT2D eigenvalue weighted by atomic mass is 10.1. The number of rotatable bonds is 6. The summed E-state index contributed by atoms with van der Waals surface area (Å²) in [6.07, 6.45) is 4.01. The molecule has 1 aliphatic rings. The molecule has 1 aromatic heterocycles. The Bertz CT molecular complexity index is 517. The third kappa shape index (κ3) is 4.70. The summed E-state index contributed by atoms with van der Waals surface area (Å²) in [4.78, 5) is 4.81. The van der Waals surface area contributed by atoms with E-state index in [1.165, 1.54) is 11.3 Å². The third-order valence-electron chi connectivity index (χ3n) is 4.33. The summed E-state index contributed by atoms with van der Waals surface area (Å²) >= 11 is 0. The molecular formula is C17H31N5O. The number of hydrogen-bond donors (Lipinski definition) is 2. The Morgan fingerprint density at radius 2 is 2.00 bits per heavy atom. The summed E-state index contributed by atoms with van der Waals surface area (Å²) in [5.41, 5.74) is 3.73. The Balaban J connectivity index is 2.10. The fraction of sp³-hybridized carbons (Fsp3) is 0.765. The van der Waals surface area contributed by atoms with Crippen LogP contribution in [0.3, 0.4) is 0 Å². The molecule has 1 aromatic rings. The van der Waals surface area contributed by atoms with Crippen molar-refractivity contribution in [3.05, 3.63) is 17.0 Å². The minimum atomic E-state index is 0.451. The van der Waals surface area contributed by atoms with Gasteiger partial charge in [-0.25, -0.2) is 4.99 Å². The van der Waals surface area contributed by atoms with Crippen molar-refractivity contribution in [2.45, 2.75) is 59.0 Å². The molecule has 0 bridgehead atoms.